The van der Waals surface area contributed by atoms with Gasteiger partial charge in [-0.1, -0.05) is 11.8 Å². The van der Waals surface area contributed by atoms with E-state index in [0.717, 1.165) is 0 Å². The molecule has 0 saturated heterocycles. The van der Waals surface area contributed by atoms with Crippen molar-refractivity contribution in [2.24, 2.45) is 5.73 Å². The zero-order chi connectivity index (χ0) is 11.1. The standard InChI is InChI=1S/C9H15N3O2S/c1-14-6-7(10)8(5-13)15-9-11-3-2-4-12-9/h2-4,7-8,13H,5-6,10H2,1H3. The van der Waals surface area contributed by atoms with Crippen molar-refractivity contribution in [3.63, 3.8) is 0 Å². The van der Waals surface area contributed by atoms with E-state index in [1.54, 1.807) is 25.6 Å². The van der Waals surface area contributed by atoms with E-state index in [1.165, 1.54) is 11.8 Å². The fourth-order valence-corrected chi connectivity index (χ4v) is 1.88. The van der Waals surface area contributed by atoms with Crippen LogP contribution in [0.15, 0.2) is 23.6 Å². The molecule has 2 unspecified atom stereocenters. The minimum Gasteiger partial charge on any atom is -0.395 e. The van der Waals surface area contributed by atoms with Crippen molar-refractivity contribution in [3.8, 4) is 0 Å². The van der Waals surface area contributed by atoms with Crippen LogP contribution in [-0.4, -0.2) is 46.7 Å². The SMILES string of the molecule is COCC(N)C(CO)Sc1ncccn1. The predicted octanol–water partition coefficient (Wildman–Crippen LogP) is -0.0967. The van der Waals surface area contributed by atoms with Gasteiger partial charge in [0.05, 0.1) is 18.5 Å². The number of methoxy groups -OCH3 is 1. The number of hydrogen-bond donors (Lipinski definition) is 2. The second-order valence-electron chi connectivity index (χ2n) is 2.99. The number of ether oxygens (including phenoxy) is 1. The maximum Gasteiger partial charge on any atom is 0.187 e. The third-order valence-corrected chi connectivity index (χ3v) is 3.04. The van der Waals surface area contributed by atoms with E-state index in [-0.39, 0.29) is 17.9 Å². The summed E-state index contributed by atoms with van der Waals surface area (Å²) in [7, 11) is 1.58. The largest absolute Gasteiger partial charge is 0.395 e. The molecule has 0 spiro atoms. The molecule has 0 radical (unpaired) electrons. The van der Waals surface area contributed by atoms with Gasteiger partial charge in [0.15, 0.2) is 5.16 Å². The quantitative estimate of drug-likeness (QED) is 0.524. The van der Waals surface area contributed by atoms with Crippen LogP contribution < -0.4 is 5.73 Å². The average molecular weight is 229 g/mol. The number of aliphatic hydroxyl groups excluding tert-OH is 1. The number of thioether (sulfide) groups is 1. The molecule has 0 fully saturated rings. The summed E-state index contributed by atoms with van der Waals surface area (Å²) >= 11 is 1.36. The Hall–Kier alpha value is -0.690. The zero-order valence-corrected chi connectivity index (χ0v) is 9.35. The van der Waals surface area contributed by atoms with Crippen LogP contribution in [0.5, 0.6) is 0 Å². The van der Waals surface area contributed by atoms with Gasteiger partial charge >= 0.3 is 0 Å². The summed E-state index contributed by atoms with van der Waals surface area (Å²) in [5.41, 5.74) is 5.83. The molecule has 0 aliphatic rings. The minimum absolute atomic E-state index is 0.0204. The van der Waals surface area contributed by atoms with E-state index in [1.807, 2.05) is 0 Å². The molecule has 2 atom stereocenters. The van der Waals surface area contributed by atoms with E-state index < -0.39 is 0 Å². The molecule has 1 rings (SSSR count). The summed E-state index contributed by atoms with van der Waals surface area (Å²) < 4.78 is 4.93. The first-order valence-corrected chi connectivity index (χ1v) is 5.45. The van der Waals surface area contributed by atoms with Crippen LogP contribution in [0, 0.1) is 0 Å². The Kier molecular flexibility index (Phi) is 5.56. The first kappa shape index (κ1) is 12.4. The van der Waals surface area contributed by atoms with Crippen molar-refractivity contribution < 1.29 is 9.84 Å². The molecule has 3 N–H and O–H groups in total. The lowest BCUT2D eigenvalue weighted by Gasteiger charge is -2.19. The lowest BCUT2D eigenvalue weighted by atomic mass is 10.2. The number of rotatable bonds is 6. The number of nitrogens with two attached hydrogens (primary N) is 1. The Morgan fingerprint density at radius 1 is 1.53 bits per heavy atom. The molecule has 0 aliphatic heterocycles. The van der Waals surface area contributed by atoms with Crippen molar-refractivity contribution in [1.29, 1.82) is 0 Å². The molecule has 6 heteroatoms. The molecule has 1 aromatic heterocycles. The van der Waals surface area contributed by atoms with Crippen LogP contribution >= 0.6 is 11.8 Å². The Labute approximate surface area is 93.1 Å². The smallest absolute Gasteiger partial charge is 0.187 e. The fraction of sp³-hybridized carbons (Fsp3) is 0.556. The van der Waals surface area contributed by atoms with Gasteiger partial charge in [0, 0.05) is 25.5 Å². The van der Waals surface area contributed by atoms with E-state index in [2.05, 4.69) is 9.97 Å². The predicted molar refractivity (Wildman–Crippen MR) is 58.6 cm³/mol. The molecule has 0 aliphatic carbocycles. The van der Waals surface area contributed by atoms with Gasteiger partial charge in [-0.3, -0.25) is 0 Å². The van der Waals surface area contributed by atoms with Crippen LogP contribution in [0.1, 0.15) is 0 Å². The zero-order valence-electron chi connectivity index (χ0n) is 8.54. The van der Waals surface area contributed by atoms with E-state index in [9.17, 15) is 5.11 Å². The Morgan fingerprint density at radius 3 is 2.73 bits per heavy atom. The monoisotopic (exact) mass is 229 g/mol. The van der Waals surface area contributed by atoms with E-state index in [4.69, 9.17) is 10.5 Å². The highest BCUT2D eigenvalue weighted by atomic mass is 32.2. The van der Waals surface area contributed by atoms with Gasteiger partial charge in [0.1, 0.15) is 0 Å². The summed E-state index contributed by atoms with van der Waals surface area (Å²) in [5.74, 6) is 0. The van der Waals surface area contributed by atoms with E-state index in [0.29, 0.717) is 11.8 Å². The van der Waals surface area contributed by atoms with Gasteiger partial charge in [-0.15, -0.1) is 0 Å². The molecule has 1 aromatic rings. The number of aliphatic hydroxyl groups is 1. The molecule has 0 saturated carbocycles. The second kappa shape index (κ2) is 6.73. The number of hydrogen-bond acceptors (Lipinski definition) is 6. The van der Waals surface area contributed by atoms with E-state index >= 15 is 0 Å². The molecule has 0 amide bonds. The van der Waals surface area contributed by atoms with Gasteiger partial charge in [0.2, 0.25) is 0 Å². The van der Waals surface area contributed by atoms with Crippen LogP contribution in [0.3, 0.4) is 0 Å². The van der Waals surface area contributed by atoms with Crippen LogP contribution in [0.2, 0.25) is 0 Å². The average Bonchev–Trinajstić information content (AvgIpc) is 2.27. The van der Waals surface area contributed by atoms with Crippen LogP contribution in [0.25, 0.3) is 0 Å². The molecular weight excluding hydrogens is 214 g/mol. The number of nitrogens with zero attached hydrogens (tertiary/aromatic N) is 2. The third-order valence-electron chi connectivity index (χ3n) is 1.82. The second-order valence-corrected chi connectivity index (χ2v) is 4.20. The summed E-state index contributed by atoms with van der Waals surface area (Å²) in [6, 6.07) is 1.52. The van der Waals surface area contributed by atoms with Crippen LogP contribution in [0.4, 0.5) is 0 Å². The topological polar surface area (TPSA) is 81.3 Å². The normalized spacial score (nSPS) is 14.9. The molecule has 0 aromatic carbocycles. The first-order valence-electron chi connectivity index (χ1n) is 4.57. The Morgan fingerprint density at radius 2 is 2.20 bits per heavy atom. The molecule has 84 valence electrons. The minimum atomic E-state index is -0.228. The summed E-state index contributed by atoms with van der Waals surface area (Å²) in [5, 5.41) is 9.64. The highest BCUT2D eigenvalue weighted by Crippen LogP contribution is 2.20. The van der Waals surface area contributed by atoms with Gasteiger partial charge < -0.3 is 15.6 Å². The highest BCUT2D eigenvalue weighted by Gasteiger charge is 2.19. The van der Waals surface area contributed by atoms with Gasteiger partial charge in [-0.05, 0) is 6.07 Å². The summed E-state index contributed by atoms with van der Waals surface area (Å²) in [6.07, 6.45) is 3.32. The van der Waals surface area contributed by atoms with Crippen molar-refractivity contribution in [3.05, 3.63) is 18.5 Å². The number of aromatic nitrogens is 2. The Bertz CT molecular complexity index is 273. The summed E-state index contributed by atoms with van der Waals surface area (Å²) in [4.78, 5) is 8.11. The maximum atomic E-state index is 9.17. The lowest BCUT2D eigenvalue weighted by molar-refractivity contribution is 0.167. The highest BCUT2D eigenvalue weighted by molar-refractivity contribution is 7.99. The summed E-state index contributed by atoms with van der Waals surface area (Å²) in [6.45, 7) is 0.387. The van der Waals surface area contributed by atoms with Crippen molar-refractivity contribution >= 4 is 11.8 Å². The van der Waals surface area contributed by atoms with Crippen LogP contribution in [-0.2, 0) is 4.74 Å². The van der Waals surface area contributed by atoms with Crippen molar-refractivity contribution in [2.45, 2.75) is 16.4 Å². The first-order chi connectivity index (χ1) is 7.27. The van der Waals surface area contributed by atoms with Crippen molar-refractivity contribution in [1.82, 2.24) is 9.97 Å². The molecule has 1 heterocycles. The Balaban J connectivity index is 2.53. The lowest BCUT2D eigenvalue weighted by Crippen LogP contribution is -2.38. The molecule has 5 nitrogen and oxygen atoms in total. The van der Waals surface area contributed by atoms with Gasteiger partial charge in [-0.2, -0.15) is 0 Å². The maximum absolute atomic E-state index is 9.17. The fourth-order valence-electron chi connectivity index (χ4n) is 1.04. The third kappa shape index (κ3) is 4.13. The van der Waals surface area contributed by atoms with Gasteiger partial charge in [0.25, 0.3) is 0 Å². The molecule has 15 heavy (non-hydrogen) atoms. The van der Waals surface area contributed by atoms with Gasteiger partial charge in [-0.25, -0.2) is 9.97 Å². The van der Waals surface area contributed by atoms with Crippen molar-refractivity contribution in [2.75, 3.05) is 20.3 Å². The molecular formula is C9H15N3O2S. The molecule has 0 bridgehead atoms.